The first-order valence-electron chi connectivity index (χ1n) is 11.4. The number of carbonyl (C=O) groups is 1. The first-order chi connectivity index (χ1) is 17.9. The molecule has 0 aliphatic carbocycles. The Bertz CT molecular complexity index is 1460. The molecule has 1 fully saturated rings. The van der Waals surface area contributed by atoms with Gasteiger partial charge in [-0.05, 0) is 61.4 Å². The fourth-order valence-electron chi connectivity index (χ4n) is 4.30. The number of ether oxygens (including phenoxy) is 1. The van der Waals surface area contributed by atoms with Crippen molar-refractivity contribution in [3.05, 3.63) is 71.7 Å². The lowest BCUT2D eigenvalue weighted by Gasteiger charge is -2.23. The van der Waals surface area contributed by atoms with Gasteiger partial charge in [-0.3, -0.25) is 4.79 Å². The summed E-state index contributed by atoms with van der Waals surface area (Å²) in [6.07, 6.45) is -2.92. The van der Waals surface area contributed by atoms with Gasteiger partial charge in [-0.2, -0.15) is 22.7 Å². The Morgan fingerprint density at radius 3 is 2.39 bits per heavy atom. The number of aromatic nitrogens is 2. The van der Waals surface area contributed by atoms with Crippen LogP contribution in [0.5, 0.6) is 5.88 Å². The van der Waals surface area contributed by atoms with Crippen LogP contribution in [0.15, 0.2) is 59.6 Å². The van der Waals surface area contributed by atoms with Crippen molar-refractivity contribution in [2.24, 2.45) is 5.92 Å². The van der Waals surface area contributed by atoms with Crippen LogP contribution in [-0.4, -0.2) is 48.0 Å². The van der Waals surface area contributed by atoms with Crippen molar-refractivity contribution in [3.8, 4) is 17.6 Å². The van der Waals surface area contributed by atoms with Crippen LogP contribution in [0.3, 0.4) is 0 Å². The molecule has 200 valence electrons. The van der Waals surface area contributed by atoms with Crippen molar-refractivity contribution < 1.29 is 35.5 Å². The molecule has 2 aromatic carbocycles. The Morgan fingerprint density at radius 2 is 1.82 bits per heavy atom. The second-order valence-corrected chi connectivity index (χ2v) is 10.6. The third kappa shape index (κ3) is 5.56. The molecule has 2 heterocycles. The standard InChI is InChI=1S/C25H22F4N4O4S/c1-37-24-17(15-32(31-24)20-7-3-18(4-8-20)25(27,28)29)2-11-23(34)22-12-16(13-30)14-33(22)38(35,36)21-9-5-19(26)6-10-21/h3-10,15-16,22H,2,11-12,14H2,1H3/t16-,22-/m0/s1. The summed E-state index contributed by atoms with van der Waals surface area (Å²) in [5, 5.41) is 13.6. The second-order valence-electron chi connectivity index (χ2n) is 8.73. The van der Waals surface area contributed by atoms with Crippen LogP contribution in [-0.2, 0) is 27.4 Å². The maximum atomic E-state index is 13.3. The summed E-state index contributed by atoms with van der Waals surface area (Å²) < 4.78 is 85.8. The third-order valence-electron chi connectivity index (χ3n) is 6.27. The van der Waals surface area contributed by atoms with Crippen LogP contribution in [0.2, 0.25) is 0 Å². The Kier molecular flexibility index (Phi) is 7.57. The number of benzene rings is 2. The molecule has 13 heteroatoms. The maximum Gasteiger partial charge on any atom is 0.416 e. The summed E-state index contributed by atoms with van der Waals surface area (Å²) in [5.41, 5.74) is 0.0280. The minimum Gasteiger partial charge on any atom is -0.480 e. The van der Waals surface area contributed by atoms with E-state index in [0.717, 1.165) is 40.7 Å². The van der Waals surface area contributed by atoms with Gasteiger partial charge < -0.3 is 4.74 Å². The van der Waals surface area contributed by atoms with Gasteiger partial charge in [0.15, 0.2) is 5.78 Å². The van der Waals surface area contributed by atoms with Crippen LogP contribution in [0.1, 0.15) is 24.0 Å². The predicted molar refractivity (Wildman–Crippen MR) is 126 cm³/mol. The molecule has 3 aromatic rings. The Morgan fingerprint density at radius 1 is 1.16 bits per heavy atom. The Labute approximate surface area is 216 Å². The monoisotopic (exact) mass is 550 g/mol. The van der Waals surface area contributed by atoms with Gasteiger partial charge >= 0.3 is 6.18 Å². The van der Waals surface area contributed by atoms with Crippen molar-refractivity contribution in [1.82, 2.24) is 14.1 Å². The number of aryl methyl sites for hydroxylation is 1. The Balaban J connectivity index is 1.52. The topological polar surface area (TPSA) is 105 Å². The molecule has 0 radical (unpaired) electrons. The highest BCUT2D eigenvalue weighted by Gasteiger charge is 2.43. The number of rotatable bonds is 8. The number of hydrogen-bond acceptors (Lipinski definition) is 6. The first-order valence-corrected chi connectivity index (χ1v) is 12.9. The molecule has 0 amide bonds. The minimum absolute atomic E-state index is 0.0255. The van der Waals surface area contributed by atoms with Crippen LogP contribution in [0.25, 0.3) is 5.69 Å². The number of nitrogens with zero attached hydrogens (tertiary/aromatic N) is 4. The number of halogens is 4. The summed E-state index contributed by atoms with van der Waals surface area (Å²) in [7, 11) is -2.80. The number of methoxy groups -OCH3 is 1. The Hall–Kier alpha value is -3.76. The quantitative estimate of drug-likeness (QED) is 0.391. The molecule has 1 aliphatic rings. The number of carbonyl (C=O) groups excluding carboxylic acids is 1. The smallest absolute Gasteiger partial charge is 0.416 e. The van der Waals surface area contributed by atoms with Crippen LogP contribution in [0.4, 0.5) is 17.6 Å². The molecule has 1 aliphatic heterocycles. The molecular formula is C25H22F4N4O4S. The van der Waals surface area contributed by atoms with Gasteiger partial charge in [0.25, 0.3) is 0 Å². The fraction of sp³-hybridized carbons (Fsp3) is 0.320. The molecular weight excluding hydrogens is 528 g/mol. The number of nitriles is 1. The molecule has 38 heavy (non-hydrogen) atoms. The van der Waals surface area contributed by atoms with E-state index in [1.54, 1.807) is 0 Å². The lowest BCUT2D eigenvalue weighted by Crippen LogP contribution is -2.40. The number of sulfonamides is 1. The highest BCUT2D eigenvalue weighted by atomic mass is 32.2. The molecule has 0 unspecified atom stereocenters. The van der Waals surface area contributed by atoms with Gasteiger partial charge in [0.2, 0.25) is 15.9 Å². The molecule has 0 saturated carbocycles. The van der Waals surface area contributed by atoms with E-state index in [-0.39, 0.29) is 36.6 Å². The zero-order chi connectivity index (χ0) is 27.7. The molecule has 0 spiro atoms. The predicted octanol–water partition coefficient (Wildman–Crippen LogP) is 4.14. The van der Waals surface area contributed by atoms with Gasteiger partial charge in [-0.25, -0.2) is 17.5 Å². The van der Waals surface area contributed by atoms with E-state index in [0.29, 0.717) is 11.3 Å². The summed E-state index contributed by atoms with van der Waals surface area (Å²) in [4.78, 5) is 13.0. The number of ketones is 1. The van der Waals surface area contributed by atoms with E-state index in [1.807, 2.05) is 6.07 Å². The average Bonchev–Trinajstić information content (AvgIpc) is 3.52. The van der Waals surface area contributed by atoms with Gasteiger partial charge in [-0.1, -0.05) is 0 Å². The van der Waals surface area contributed by atoms with E-state index >= 15 is 0 Å². The van der Waals surface area contributed by atoms with Crippen molar-refractivity contribution in [3.63, 3.8) is 0 Å². The summed E-state index contributed by atoms with van der Waals surface area (Å²) >= 11 is 0. The highest BCUT2D eigenvalue weighted by Crippen LogP contribution is 2.32. The maximum absolute atomic E-state index is 13.3. The van der Waals surface area contributed by atoms with Crippen LogP contribution >= 0.6 is 0 Å². The summed E-state index contributed by atoms with van der Waals surface area (Å²) in [6.45, 7) is -0.165. The van der Waals surface area contributed by atoms with Crippen molar-refractivity contribution in [1.29, 1.82) is 5.26 Å². The van der Waals surface area contributed by atoms with Crippen LogP contribution in [0, 0.1) is 23.1 Å². The van der Waals surface area contributed by atoms with E-state index in [1.165, 1.54) is 30.1 Å². The lowest BCUT2D eigenvalue weighted by molar-refractivity contribution is -0.137. The largest absolute Gasteiger partial charge is 0.480 e. The molecule has 0 N–H and O–H groups in total. The number of hydrogen-bond donors (Lipinski definition) is 0. The van der Waals surface area contributed by atoms with E-state index in [2.05, 4.69) is 5.10 Å². The average molecular weight is 551 g/mol. The van der Waals surface area contributed by atoms with E-state index in [9.17, 15) is 36.0 Å². The van der Waals surface area contributed by atoms with Crippen molar-refractivity contribution >= 4 is 15.8 Å². The zero-order valence-electron chi connectivity index (χ0n) is 20.0. The lowest BCUT2D eigenvalue weighted by atomic mass is 10.0. The molecule has 2 atom stereocenters. The molecule has 1 saturated heterocycles. The second kappa shape index (κ2) is 10.5. The molecule has 4 rings (SSSR count). The summed E-state index contributed by atoms with van der Waals surface area (Å²) in [5.74, 6) is -1.55. The first kappa shape index (κ1) is 27.3. The zero-order valence-corrected chi connectivity index (χ0v) is 20.8. The van der Waals surface area contributed by atoms with E-state index in [4.69, 9.17) is 4.74 Å². The minimum atomic E-state index is -4.48. The molecule has 1 aromatic heterocycles. The van der Waals surface area contributed by atoms with Crippen molar-refractivity contribution in [2.45, 2.75) is 36.4 Å². The molecule has 0 bridgehead atoms. The third-order valence-corrected chi connectivity index (χ3v) is 8.16. The van der Waals surface area contributed by atoms with Gasteiger partial charge in [-0.15, -0.1) is 5.10 Å². The number of alkyl halides is 3. The SMILES string of the molecule is COc1nn(-c2ccc(C(F)(F)F)cc2)cc1CCC(=O)[C@@H]1C[C@@H](C#N)CN1S(=O)(=O)c1ccc(F)cc1. The van der Waals surface area contributed by atoms with Gasteiger partial charge in [0.1, 0.15) is 5.82 Å². The molecule has 8 nitrogen and oxygen atoms in total. The highest BCUT2D eigenvalue weighted by molar-refractivity contribution is 7.89. The fourth-order valence-corrected chi connectivity index (χ4v) is 5.96. The van der Waals surface area contributed by atoms with Crippen LogP contribution < -0.4 is 4.74 Å². The van der Waals surface area contributed by atoms with Crippen molar-refractivity contribution in [2.75, 3.05) is 13.7 Å². The normalized spacial score (nSPS) is 18.3. The van der Waals surface area contributed by atoms with E-state index < -0.39 is 45.3 Å². The van der Waals surface area contributed by atoms with Gasteiger partial charge in [0.05, 0.1) is 41.3 Å². The summed E-state index contributed by atoms with van der Waals surface area (Å²) in [6, 6.07) is 9.51. The number of Topliss-reactive ketones (excluding diaryl/α,β-unsaturated/α-hetero) is 1. The van der Waals surface area contributed by atoms with Gasteiger partial charge in [0, 0.05) is 24.7 Å².